The molecule has 0 fully saturated rings. The first kappa shape index (κ1) is 8.65. The molecule has 3 heteroatoms. The van der Waals surface area contributed by atoms with E-state index in [1.807, 2.05) is 6.20 Å². The molecule has 1 aliphatic heterocycles. The maximum atomic E-state index is 5.39. The fraction of sp³-hybridized carbons (Fsp3) is 0.333. The Morgan fingerprint density at radius 1 is 1.40 bits per heavy atom. The van der Waals surface area contributed by atoms with E-state index in [0.29, 0.717) is 0 Å². The molecule has 0 saturated heterocycles. The van der Waals surface area contributed by atoms with Crippen molar-refractivity contribution in [1.29, 1.82) is 0 Å². The van der Waals surface area contributed by atoms with Crippen molar-refractivity contribution in [1.82, 2.24) is 4.98 Å². The van der Waals surface area contributed by atoms with Gasteiger partial charge in [0.2, 0.25) is 0 Å². The van der Waals surface area contributed by atoms with E-state index in [1.54, 1.807) is 7.11 Å². The predicted molar refractivity (Wildman–Crippen MR) is 61.8 cm³/mol. The minimum Gasteiger partial charge on any atom is -0.494 e. The highest BCUT2D eigenvalue weighted by molar-refractivity contribution is 5.96. The fourth-order valence-corrected chi connectivity index (χ4v) is 2.43. The van der Waals surface area contributed by atoms with Gasteiger partial charge < -0.3 is 15.0 Å². The lowest BCUT2D eigenvalue weighted by atomic mass is 10.0. The van der Waals surface area contributed by atoms with Gasteiger partial charge in [0, 0.05) is 29.9 Å². The minimum absolute atomic E-state index is 0.922. The summed E-state index contributed by atoms with van der Waals surface area (Å²) in [4.78, 5) is 3.28. The lowest BCUT2D eigenvalue weighted by Crippen LogP contribution is -1.91. The number of benzene rings is 1. The molecule has 1 aromatic heterocycles. The summed E-state index contributed by atoms with van der Waals surface area (Å²) >= 11 is 0. The van der Waals surface area contributed by atoms with Crippen molar-refractivity contribution in [3.63, 3.8) is 0 Å². The molecule has 0 saturated carbocycles. The molecule has 0 bridgehead atoms. The van der Waals surface area contributed by atoms with Crippen molar-refractivity contribution in [2.24, 2.45) is 0 Å². The lowest BCUT2D eigenvalue weighted by Gasteiger charge is -2.07. The molecule has 2 aromatic rings. The van der Waals surface area contributed by atoms with Crippen LogP contribution in [0.25, 0.3) is 10.9 Å². The van der Waals surface area contributed by atoms with Gasteiger partial charge in [-0.2, -0.15) is 0 Å². The summed E-state index contributed by atoms with van der Waals surface area (Å²) in [6.45, 7) is 3.17. The van der Waals surface area contributed by atoms with Gasteiger partial charge in [0.05, 0.1) is 12.6 Å². The fourth-order valence-electron chi connectivity index (χ4n) is 2.43. The second-order valence-corrected chi connectivity index (χ2v) is 4.00. The highest BCUT2D eigenvalue weighted by Crippen LogP contribution is 2.38. The van der Waals surface area contributed by atoms with Crippen LogP contribution < -0.4 is 10.1 Å². The molecule has 0 unspecified atom stereocenters. The van der Waals surface area contributed by atoms with E-state index in [0.717, 1.165) is 24.2 Å². The summed E-state index contributed by atoms with van der Waals surface area (Å²) in [6.07, 6.45) is 3.15. The molecule has 3 nitrogen and oxygen atoms in total. The van der Waals surface area contributed by atoms with E-state index in [1.165, 1.54) is 22.2 Å². The van der Waals surface area contributed by atoms with Gasteiger partial charge in [-0.3, -0.25) is 0 Å². The largest absolute Gasteiger partial charge is 0.494 e. The maximum absolute atomic E-state index is 5.39. The van der Waals surface area contributed by atoms with Gasteiger partial charge in [-0.25, -0.2) is 0 Å². The van der Waals surface area contributed by atoms with E-state index >= 15 is 0 Å². The van der Waals surface area contributed by atoms with Gasteiger partial charge >= 0.3 is 0 Å². The standard InChI is InChI=1S/C12H14N2O/c1-7-6-14-12-10(15-2)5-9-8(11(7)12)3-4-13-9/h5-6,13-14H,3-4H2,1-2H3. The highest BCUT2D eigenvalue weighted by Gasteiger charge is 2.18. The van der Waals surface area contributed by atoms with Crippen LogP contribution >= 0.6 is 0 Å². The summed E-state index contributed by atoms with van der Waals surface area (Å²) in [5.74, 6) is 0.922. The zero-order chi connectivity index (χ0) is 10.4. The first-order valence-electron chi connectivity index (χ1n) is 5.22. The summed E-state index contributed by atoms with van der Waals surface area (Å²) in [5.41, 5.74) is 5.06. The molecule has 0 radical (unpaired) electrons. The molecule has 1 aromatic carbocycles. The zero-order valence-corrected chi connectivity index (χ0v) is 8.98. The molecule has 0 spiro atoms. The van der Waals surface area contributed by atoms with Gasteiger partial charge in [-0.1, -0.05) is 0 Å². The molecule has 0 atom stereocenters. The second kappa shape index (κ2) is 2.92. The summed E-state index contributed by atoms with van der Waals surface area (Å²) in [7, 11) is 1.71. The van der Waals surface area contributed by atoms with Crippen LogP contribution in [0.15, 0.2) is 12.3 Å². The lowest BCUT2D eigenvalue weighted by molar-refractivity contribution is 0.419. The molecule has 2 N–H and O–H groups in total. The Labute approximate surface area is 88.4 Å². The van der Waals surface area contributed by atoms with Gasteiger partial charge in [0.1, 0.15) is 5.75 Å². The van der Waals surface area contributed by atoms with Crippen LogP contribution in [0.3, 0.4) is 0 Å². The first-order valence-corrected chi connectivity index (χ1v) is 5.22. The zero-order valence-electron chi connectivity index (χ0n) is 8.98. The van der Waals surface area contributed by atoms with Crippen molar-refractivity contribution in [2.45, 2.75) is 13.3 Å². The number of aryl methyl sites for hydroxylation is 1. The molecule has 1 aliphatic rings. The van der Waals surface area contributed by atoms with Crippen molar-refractivity contribution in [2.75, 3.05) is 19.0 Å². The monoisotopic (exact) mass is 202 g/mol. The number of rotatable bonds is 1. The number of ether oxygens (including phenoxy) is 1. The number of anilines is 1. The van der Waals surface area contributed by atoms with E-state index in [4.69, 9.17) is 4.74 Å². The van der Waals surface area contributed by atoms with E-state index in [-0.39, 0.29) is 0 Å². The number of hydrogen-bond acceptors (Lipinski definition) is 2. The topological polar surface area (TPSA) is 37.0 Å². The van der Waals surface area contributed by atoms with Crippen LogP contribution in [0.4, 0.5) is 5.69 Å². The van der Waals surface area contributed by atoms with Crippen LogP contribution in [0.5, 0.6) is 5.75 Å². The molecule has 0 amide bonds. The normalized spacial score (nSPS) is 14.0. The van der Waals surface area contributed by atoms with Crippen LogP contribution in [0.2, 0.25) is 0 Å². The third-order valence-electron chi connectivity index (χ3n) is 3.14. The maximum Gasteiger partial charge on any atom is 0.144 e. The van der Waals surface area contributed by atoms with Crippen LogP contribution in [-0.4, -0.2) is 18.6 Å². The Morgan fingerprint density at radius 3 is 3.07 bits per heavy atom. The quantitative estimate of drug-likeness (QED) is 0.745. The molecular weight excluding hydrogens is 188 g/mol. The Morgan fingerprint density at radius 2 is 2.27 bits per heavy atom. The molecular formula is C12H14N2O. The third-order valence-corrected chi connectivity index (χ3v) is 3.14. The summed E-state index contributed by atoms with van der Waals surface area (Å²) < 4.78 is 5.39. The average Bonchev–Trinajstić information content (AvgIpc) is 2.83. The molecule has 2 heterocycles. The predicted octanol–water partition coefficient (Wildman–Crippen LogP) is 2.45. The van der Waals surface area contributed by atoms with E-state index < -0.39 is 0 Å². The minimum atomic E-state index is 0.922. The SMILES string of the molecule is COc1cc2c(c3c(C)c[nH]c13)CCN2. The Kier molecular flexibility index (Phi) is 1.69. The Balaban J connectivity index is 2.44. The first-order chi connectivity index (χ1) is 7.31. The number of methoxy groups -OCH3 is 1. The average molecular weight is 202 g/mol. The van der Waals surface area contributed by atoms with Crippen LogP contribution in [0, 0.1) is 6.92 Å². The molecule has 3 rings (SSSR count). The Bertz CT molecular complexity index is 528. The van der Waals surface area contributed by atoms with E-state index in [9.17, 15) is 0 Å². The van der Waals surface area contributed by atoms with Crippen molar-refractivity contribution in [3.05, 3.63) is 23.4 Å². The number of aromatic nitrogens is 1. The van der Waals surface area contributed by atoms with Crippen LogP contribution in [0.1, 0.15) is 11.1 Å². The van der Waals surface area contributed by atoms with Gasteiger partial charge in [-0.05, 0) is 24.5 Å². The Hall–Kier alpha value is -1.64. The van der Waals surface area contributed by atoms with Crippen molar-refractivity contribution >= 4 is 16.6 Å². The molecule has 0 aliphatic carbocycles. The molecule has 15 heavy (non-hydrogen) atoms. The number of nitrogens with one attached hydrogen (secondary N) is 2. The smallest absolute Gasteiger partial charge is 0.144 e. The summed E-state index contributed by atoms with van der Waals surface area (Å²) in [6, 6.07) is 2.08. The highest BCUT2D eigenvalue weighted by atomic mass is 16.5. The van der Waals surface area contributed by atoms with Crippen LogP contribution in [-0.2, 0) is 6.42 Å². The number of aromatic amines is 1. The second-order valence-electron chi connectivity index (χ2n) is 4.00. The third kappa shape index (κ3) is 1.06. The number of H-pyrrole nitrogens is 1. The van der Waals surface area contributed by atoms with E-state index in [2.05, 4.69) is 23.3 Å². The molecule has 78 valence electrons. The number of hydrogen-bond donors (Lipinski definition) is 2. The van der Waals surface area contributed by atoms with Gasteiger partial charge in [-0.15, -0.1) is 0 Å². The summed E-state index contributed by atoms with van der Waals surface area (Å²) in [5, 5.41) is 4.72. The van der Waals surface area contributed by atoms with Crippen molar-refractivity contribution in [3.8, 4) is 5.75 Å². The number of fused-ring (bicyclic) bond motifs is 3. The van der Waals surface area contributed by atoms with Gasteiger partial charge in [0.15, 0.2) is 0 Å². The van der Waals surface area contributed by atoms with Gasteiger partial charge in [0.25, 0.3) is 0 Å². The van der Waals surface area contributed by atoms with Crippen molar-refractivity contribution < 1.29 is 4.74 Å².